The highest BCUT2D eigenvalue weighted by Crippen LogP contribution is 2.21. The van der Waals surface area contributed by atoms with Crippen LogP contribution in [0.5, 0.6) is 5.75 Å². The molecule has 5 nitrogen and oxygen atoms in total. The van der Waals surface area contributed by atoms with E-state index in [1.165, 1.54) is 5.56 Å². The van der Waals surface area contributed by atoms with Crippen molar-refractivity contribution in [3.8, 4) is 17.0 Å². The number of ether oxygens (including phenoxy) is 1. The SMILES string of the molecule is COc1ccc(CCN=Nc2cc(-c3ccccc3)nc(C)n2)cc1. The second kappa shape index (κ2) is 8.15. The molecule has 2 aromatic carbocycles. The summed E-state index contributed by atoms with van der Waals surface area (Å²) in [6.45, 7) is 2.47. The zero-order chi connectivity index (χ0) is 17.5. The van der Waals surface area contributed by atoms with E-state index in [0.717, 1.165) is 23.4 Å². The van der Waals surface area contributed by atoms with Crippen LogP contribution in [0.2, 0.25) is 0 Å². The number of nitrogens with zero attached hydrogens (tertiary/aromatic N) is 4. The van der Waals surface area contributed by atoms with Gasteiger partial charge in [-0.15, -0.1) is 5.11 Å². The number of methoxy groups -OCH3 is 1. The van der Waals surface area contributed by atoms with E-state index in [4.69, 9.17) is 4.74 Å². The second-order valence-electron chi connectivity index (χ2n) is 5.59. The van der Waals surface area contributed by atoms with Gasteiger partial charge in [0.15, 0.2) is 5.82 Å². The molecule has 0 aliphatic heterocycles. The van der Waals surface area contributed by atoms with Crippen LogP contribution in [0.15, 0.2) is 70.9 Å². The van der Waals surface area contributed by atoms with Gasteiger partial charge >= 0.3 is 0 Å². The zero-order valence-electron chi connectivity index (χ0n) is 14.4. The quantitative estimate of drug-likeness (QED) is 0.610. The van der Waals surface area contributed by atoms with Crippen molar-refractivity contribution in [2.75, 3.05) is 13.7 Å². The van der Waals surface area contributed by atoms with Gasteiger partial charge < -0.3 is 4.74 Å². The third-order valence-electron chi connectivity index (χ3n) is 3.73. The van der Waals surface area contributed by atoms with Gasteiger partial charge in [-0.3, -0.25) is 0 Å². The average Bonchev–Trinajstić information content (AvgIpc) is 2.66. The van der Waals surface area contributed by atoms with Crippen molar-refractivity contribution < 1.29 is 4.74 Å². The van der Waals surface area contributed by atoms with E-state index in [-0.39, 0.29) is 0 Å². The van der Waals surface area contributed by atoms with E-state index in [2.05, 4.69) is 20.2 Å². The third kappa shape index (κ3) is 4.70. The summed E-state index contributed by atoms with van der Waals surface area (Å²) >= 11 is 0. The first kappa shape index (κ1) is 16.8. The van der Waals surface area contributed by atoms with Gasteiger partial charge in [0, 0.05) is 11.6 Å². The van der Waals surface area contributed by atoms with E-state index >= 15 is 0 Å². The van der Waals surface area contributed by atoms with Crippen LogP contribution in [-0.2, 0) is 6.42 Å². The van der Waals surface area contributed by atoms with E-state index in [9.17, 15) is 0 Å². The Balaban J connectivity index is 1.65. The lowest BCUT2D eigenvalue weighted by Crippen LogP contribution is -1.92. The van der Waals surface area contributed by atoms with Crippen molar-refractivity contribution >= 4 is 5.82 Å². The molecule has 0 amide bonds. The van der Waals surface area contributed by atoms with Crippen LogP contribution in [0.1, 0.15) is 11.4 Å². The zero-order valence-corrected chi connectivity index (χ0v) is 14.4. The Bertz CT molecular complexity index is 845. The second-order valence-corrected chi connectivity index (χ2v) is 5.59. The van der Waals surface area contributed by atoms with Crippen LogP contribution in [0.4, 0.5) is 5.82 Å². The molecule has 0 aliphatic carbocycles. The minimum absolute atomic E-state index is 0.584. The molecule has 126 valence electrons. The highest BCUT2D eigenvalue weighted by molar-refractivity contribution is 5.61. The fourth-order valence-electron chi connectivity index (χ4n) is 2.45. The molecule has 0 N–H and O–H groups in total. The summed E-state index contributed by atoms with van der Waals surface area (Å²) in [6.07, 6.45) is 0.823. The van der Waals surface area contributed by atoms with Crippen molar-refractivity contribution in [3.63, 3.8) is 0 Å². The normalized spacial score (nSPS) is 11.0. The molecule has 3 aromatic rings. The fraction of sp³-hybridized carbons (Fsp3) is 0.200. The molecule has 0 spiro atoms. The lowest BCUT2D eigenvalue weighted by molar-refractivity contribution is 0.414. The predicted octanol–water partition coefficient (Wildman–Crippen LogP) is 4.79. The Hall–Kier alpha value is -3.08. The number of hydrogen-bond donors (Lipinski definition) is 0. The van der Waals surface area contributed by atoms with Gasteiger partial charge in [-0.1, -0.05) is 42.5 Å². The lowest BCUT2D eigenvalue weighted by Gasteiger charge is -2.03. The van der Waals surface area contributed by atoms with Gasteiger partial charge in [0.1, 0.15) is 11.6 Å². The van der Waals surface area contributed by atoms with Crippen LogP contribution < -0.4 is 4.74 Å². The molecule has 0 radical (unpaired) electrons. The minimum atomic E-state index is 0.584. The Morgan fingerprint density at radius 1 is 0.960 bits per heavy atom. The number of aromatic nitrogens is 2. The van der Waals surface area contributed by atoms with E-state index in [0.29, 0.717) is 18.2 Å². The van der Waals surface area contributed by atoms with Crippen molar-refractivity contribution in [2.24, 2.45) is 10.2 Å². The molecule has 0 bridgehead atoms. The smallest absolute Gasteiger partial charge is 0.177 e. The molecule has 0 saturated heterocycles. The summed E-state index contributed by atoms with van der Waals surface area (Å²) in [5.41, 5.74) is 3.10. The maximum Gasteiger partial charge on any atom is 0.177 e. The number of azo groups is 1. The van der Waals surface area contributed by atoms with Crippen molar-refractivity contribution in [1.82, 2.24) is 9.97 Å². The topological polar surface area (TPSA) is 59.7 Å². The highest BCUT2D eigenvalue weighted by Gasteiger charge is 2.03. The Labute approximate surface area is 147 Å². The molecular formula is C20H20N4O. The Morgan fingerprint density at radius 2 is 1.72 bits per heavy atom. The van der Waals surface area contributed by atoms with Crippen LogP contribution in [0, 0.1) is 6.92 Å². The maximum absolute atomic E-state index is 5.16. The average molecular weight is 332 g/mol. The fourth-order valence-corrected chi connectivity index (χ4v) is 2.45. The first-order chi connectivity index (χ1) is 12.2. The maximum atomic E-state index is 5.16. The standard InChI is InChI=1S/C20H20N4O/c1-15-22-19(17-6-4-3-5-7-17)14-20(23-15)24-21-13-12-16-8-10-18(25-2)11-9-16/h3-11,14H,12-13H2,1-2H3. The monoisotopic (exact) mass is 332 g/mol. The molecule has 25 heavy (non-hydrogen) atoms. The first-order valence-corrected chi connectivity index (χ1v) is 8.16. The van der Waals surface area contributed by atoms with E-state index in [1.807, 2.05) is 67.6 Å². The summed E-state index contributed by atoms with van der Waals surface area (Å²) in [5, 5.41) is 8.51. The first-order valence-electron chi connectivity index (χ1n) is 8.16. The molecule has 0 atom stereocenters. The van der Waals surface area contributed by atoms with Gasteiger partial charge in [-0.25, -0.2) is 9.97 Å². The molecular weight excluding hydrogens is 312 g/mol. The third-order valence-corrected chi connectivity index (χ3v) is 3.73. The van der Waals surface area contributed by atoms with E-state index in [1.54, 1.807) is 7.11 Å². The number of rotatable bonds is 6. The molecule has 1 aromatic heterocycles. The Morgan fingerprint density at radius 3 is 2.44 bits per heavy atom. The van der Waals surface area contributed by atoms with Crippen molar-refractivity contribution in [2.45, 2.75) is 13.3 Å². The van der Waals surface area contributed by atoms with Crippen LogP contribution in [0.3, 0.4) is 0 Å². The summed E-state index contributed by atoms with van der Waals surface area (Å²) in [5.74, 6) is 2.13. The molecule has 1 heterocycles. The molecule has 0 saturated carbocycles. The van der Waals surface area contributed by atoms with Gasteiger partial charge in [0.25, 0.3) is 0 Å². The van der Waals surface area contributed by atoms with Crippen LogP contribution in [-0.4, -0.2) is 23.6 Å². The number of benzene rings is 2. The summed E-state index contributed by atoms with van der Waals surface area (Å²) in [6, 6.07) is 19.8. The van der Waals surface area contributed by atoms with Gasteiger partial charge in [-0.2, -0.15) is 5.11 Å². The molecule has 3 rings (SSSR count). The minimum Gasteiger partial charge on any atom is -0.497 e. The van der Waals surface area contributed by atoms with Gasteiger partial charge in [0.2, 0.25) is 0 Å². The van der Waals surface area contributed by atoms with Crippen molar-refractivity contribution in [3.05, 3.63) is 72.1 Å². The van der Waals surface area contributed by atoms with Gasteiger partial charge in [0.05, 0.1) is 19.3 Å². The summed E-state index contributed by atoms with van der Waals surface area (Å²) in [7, 11) is 1.66. The predicted molar refractivity (Wildman–Crippen MR) is 98.3 cm³/mol. The van der Waals surface area contributed by atoms with Crippen LogP contribution in [0.25, 0.3) is 11.3 Å². The van der Waals surface area contributed by atoms with Crippen molar-refractivity contribution in [1.29, 1.82) is 0 Å². The lowest BCUT2D eigenvalue weighted by atomic mass is 10.1. The highest BCUT2D eigenvalue weighted by atomic mass is 16.5. The molecule has 5 heteroatoms. The number of aryl methyl sites for hydroxylation is 1. The summed E-state index contributed by atoms with van der Waals surface area (Å²) in [4.78, 5) is 8.81. The number of hydrogen-bond acceptors (Lipinski definition) is 5. The molecule has 0 aliphatic rings. The van der Waals surface area contributed by atoms with E-state index < -0.39 is 0 Å². The molecule has 0 fully saturated rings. The van der Waals surface area contributed by atoms with Gasteiger partial charge in [-0.05, 0) is 31.0 Å². The Kier molecular flexibility index (Phi) is 5.46. The largest absolute Gasteiger partial charge is 0.497 e. The molecule has 0 unspecified atom stereocenters. The summed E-state index contributed by atoms with van der Waals surface area (Å²) < 4.78 is 5.16. The van der Waals surface area contributed by atoms with Crippen LogP contribution >= 0.6 is 0 Å².